The molecule has 2 atom stereocenters. The highest BCUT2D eigenvalue weighted by Crippen LogP contribution is 2.28. The van der Waals surface area contributed by atoms with Gasteiger partial charge in [-0.25, -0.2) is 0 Å². The first-order chi connectivity index (χ1) is 5.02. The maximum atomic E-state index is 9.76. The fourth-order valence-electron chi connectivity index (χ4n) is 1.41. The largest absolute Gasteiger partial charge is 0.390 e. The molecule has 0 bridgehead atoms. The quantitative estimate of drug-likeness (QED) is 0.627. The van der Waals surface area contributed by atoms with Crippen LogP contribution >= 0.6 is 0 Å². The van der Waals surface area contributed by atoms with Crippen LogP contribution in [-0.4, -0.2) is 23.9 Å². The number of hydrogen-bond acceptors (Lipinski definition) is 2. The third-order valence-electron chi connectivity index (χ3n) is 2.20. The summed E-state index contributed by atoms with van der Waals surface area (Å²) in [6.45, 7) is 6.94. The third kappa shape index (κ3) is 2.17. The Kier molecular flexibility index (Phi) is 2.55. The zero-order chi connectivity index (χ0) is 8.48. The zero-order valence-corrected chi connectivity index (χ0v) is 7.63. The van der Waals surface area contributed by atoms with E-state index in [0.29, 0.717) is 0 Å². The topological polar surface area (TPSA) is 29.5 Å². The van der Waals surface area contributed by atoms with Crippen LogP contribution in [0.3, 0.4) is 0 Å². The minimum Gasteiger partial charge on any atom is -0.390 e. The molecule has 11 heavy (non-hydrogen) atoms. The Labute approximate surface area is 68.6 Å². The van der Waals surface area contributed by atoms with Crippen molar-refractivity contribution >= 4 is 0 Å². The molecule has 1 N–H and O–H groups in total. The van der Waals surface area contributed by atoms with Gasteiger partial charge in [-0.3, -0.25) is 0 Å². The van der Waals surface area contributed by atoms with Crippen LogP contribution in [0.4, 0.5) is 0 Å². The summed E-state index contributed by atoms with van der Waals surface area (Å²) in [7, 11) is 0. The van der Waals surface area contributed by atoms with Crippen molar-refractivity contribution < 1.29 is 9.84 Å². The van der Waals surface area contributed by atoms with Crippen LogP contribution in [0.2, 0.25) is 0 Å². The van der Waals surface area contributed by atoms with E-state index >= 15 is 0 Å². The Morgan fingerprint density at radius 3 is 2.45 bits per heavy atom. The summed E-state index contributed by atoms with van der Waals surface area (Å²) in [5.74, 6) is 0. The number of aliphatic hydroxyl groups excluding tert-OH is 1. The molecule has 1 aliphatic rings. The smallest absolute Gasteiger partial charge is 0.0849 e. The van der Waals surface area contributed by atoms with Crippen molar-refractivity contribution in [1.82, 2.24) is 0 Å². The van der Waals surface area contributed by atoms with Gasteiger partial charge in [0.25, 0.3) is 0 Å². The summed E-state index contributed by atoms with van der Waals surface area (Å²) in [6, 6.07) is 0. The molecule has 2 nitrogen and oxygen atoms in total. The van der Waals surface area contributed by atoms with Crippen molar-refractivity contribution in [3.63, 3.8) is 0 Å². The van der Waals surface area contributed by atoms with Crippen molar-refractivity contribution in [2.24, 2.45) is 5.41 Å². The summed E-state index contributed by atoms with van der Waals surface area (Å²) < 4.78 is 5.39. The first-order valence-electron chi connectivity index (χ1n) is 4.31. The predicted octanol–water partition coefficient (Wildman–Crippen LogP) is 1.57. The zero-order valence-electron chi connectivity index (χ0n) is 7.63. The van der Waals surface area contributed by atoms with Gasteiger partial charge in [0, 0.05) is 6.61 Å². The van der Waals surface area contributed by atoms with Crippen LogP contribution in [0.1, 0.15) is 33.6 Å². The maximum Gasteiger partial charge on any atom is 0.0849 e. The lowest BCUT2D eigenvalue weighted by molar-refractivity contribution is -0.0555. The molecular formula is C9H18O2. The average Bonchev–Trinajstić information content (AvgIpc) is 2.34. The number of hydrogen-bond donors (Lipinski definition) is 1. The molecule has 66 valence electrons. The van der Waals surface area contributed by atoms with Gasteiger partial charge in [0.2, 0.25) is 0 Å². The molecule has 1 saturated heterocycles. The molecule has 2 unspecified atom stereocenters. The molecule has 0 amide bonds. The molecule has 1 fully saturated rings. The SMILES string of the molecule is CC(C)(C)C(O)C1CCCO1. The van der Waals surface area contributed by atoms with Crippen LogP contribution < -0.4 is 0 Å². The van der Waals surface area contributed by atoms with E-state index in [1.165, 1.54) is 0 Å². The molecule has 2 heteroatoms. The van der Waals surface area contributed by atoms with E-state index in [1.54, 1.807) is 0 Å². The monoisotopic (exact) mass is 158 g/mol. The Hall–Kier alpha value is -0.0800. The first-order valence-corrected chi connectivity index (χ1v) is 4.31. The Morgan fingerprint density at radius 1 is 1.45 bits per heavy atom. The number of rotatable bonds is 1. The third-order valence-corrected chi connectivity index (χ3v) is 2.20. The molecule has 0 radical (unpaired) electrons. The second kappa shape index (κ2) is 3.11. The molecule has 1 heterocycles. The minimum absolute atomic E-state index is 0.0466. The van der Waals surface area contributed by atoms with E-state index in [4.69, 9.17) is 4.74 Å². The van der Waals surface area contributed by atoms with Gasteiger partial charge in [-0.1, -0.05) is 20.8 Å². The van der Waals surface area contributed by atoms with Gasteiger partial charge < -0.3 is 9.84 Å². The molecule has 0 aliphatic carbocycles. The molecule has 1 aliphatic heterocycles. The molecular weight excluding hydrogens is 140 g/mol. The second-order valence-electron chi connectivity index (χ2n) is 4.36. The van der Waals surface area contributed by atoms with Crippen molar-refractivity contribution in [2.45, 2.75) is 45.8 Å². The van der Waals surface area contributed by atoms with Gasteiger partial charge in [0.05, 0.1) is 12.2 Å². The fraction of sp³-hybridized carbons (Fsp3) is 1.00. The Bertz CT molecular complexity index is 120. The average molecular weight is 158 g/mol. The van der Waals surface area contributed by atoms with Crippen molar-refractivity contribution in [3.05, 3.63) is 0 Å². The standard InChI is InChI=1S/C9H18O2/c1-9(2,3)8(10)7-5-4-6-11-7/h7-8,10H,4-6H2,1-3H3. The molecule has 0 saturated carbocycles. The lowest BCUT2D eigenvalue weighted by Crippen LogP contribution is -2.37. The van der Waals surface area contributed by atoms with E-state index in [9.17, 15) is 5.11 Å². The van der Waals surface area contributed by atoms with Crippen LogP contribution in [0.25, 0.3) is 0 Å². The van der Waals surface area contributed by atoms with Crippen molar-refractivity contribution in [1.29, 1.82) is 0 Å². The second-order valence-corrected chi connectivity index (χ2v) is 4.36. The van der Waals surface area contributed by atoms with Gasteiger partial charge in [-0.05, 0) is 18.3 Å². The van der Waals surface area contributed by atoms with E-state index < -0.39 is 0 Å². The molecule has 0 spiro atoms. The predicted molar refractivity (Wildman–Crippen MR) is 44.4 cm³/mol. The Balaban J connectivity index is 2.46. The normalized spacial score (nSPS) is 28.9. The van der Waals surface area contributed by atoms with E-state index in [0.717, 1.165) is 19.4 Å². The van der Waals surface area contributed by atoms with Crippen LogP contribution in [0, 0.1) is 5.41 Å². The minimum atomic E-state index is -0.315. The highest BCUT2D eigenvalue weighted by Gasteiger charge is 2.32. The number of ether oxygens (including phenoxy) is 1. The number of aliphatic hydroxyl groups is 1. The van der Waals surface area contributed by atoms with Crippen LogP contribution in [-0.2, 0) is 4.74 Å². The lowest BCUT2D eigenvalue weighted by atomic mass is 9.85. The lowest BCUT2D eigenvalue weighted by Gasteiger charge is -2.29. The van der Waals surface area contributed by atoms with Crippen LogP contribution in [0.15, 0.2) is 0 Å². The Morgan fingerprint density at radius 2 is 2.09 bits per heavy atom. The van der Waals surface area contributed by atoms with Gasteiger partial charge >= 0.3 is 0 Å². The van der Waals surface area contributed by atoms with Gasteiger partial charge in [0.1, 0.15) is 0 Å². The summed E-state index contributed by atoms with van der Waals surface area (Å²) >= 11 is 0. The van der Waals surface area contributed by atoms with E-state index in [1.807, 2.05) is 20.8 Å². The molecule has 1 rings (SSSR count). The summed E-state index contributed by atoms with van der Waals surface area (Å²) in [4.78, 5) is 0. The van der Waals surface area contributed by atoms with Gasteiger partial charge in [-0.15, -0.1) is 0 Å². The molecule has 0 aromatic rings. The summed E-state index contributed by atoms with van der Waals surface area (Å²) in [5.41, 5.74) is -0.0466. The summed E-state index contributed by atoms with van der Waals surface area (Å²) in [6.07, 6.45) is 1.87. The van der Waals surface area contributed by atoms with Gasteiger partial charge in [-0.2, -0.15) is 0 Å². The van der Waals surface area contributed by atoms with Crippen LogP contribution in [0.5, 0.6) is 0 Å². The molecule has 0 aromatic carbocycles. The van der Waals surface area contributed by atoms with Gasteiger partial charge in [0.15, 0.2) is 0 Å². The van der Waals surface area contributed by atoms with E-state index in [-0.39, 0.29) is 17.6 Å². The molecule has 0 aromatic heterocycles. The first kappa shape index (κ1) is 9.01. The maximum absolute atomic E-state index is 9.76. The van der Waals surface area contributed by atoms with Crippen molar-refractivity contribution in [3.8, 4) is 0 Å². The fourth-order valence-corrected chi connectivity index (χ4v) is 1.41. The highest BCUT2D eigenvalue weighted by atomic mass is 16.5. The van der Waals surface area contributed by atoms with Crippen molar-refractivity contribution in [2.75, 3.05) is 6.61 Å². The highest BCUT2D eigenvalue weighted by molar-refractivity contribution is 4.82. The van der Waals surface area contributed by atoms with E-state index in [2.05, 4.69) is 0 Å². The summed E-state index contributed by atoms with van der Waals surface area (Å²) in [5, 5.41) is 9.76.